The Morgan fingerprint density at radius 1 is 1.10 bits per heavy atom. The second-order valence-corrected chi connectivity index (χ2v) is 4.52. The SMILES string of the molecule is COc1cncc(C(O)c2ccc3ncccc3c2)c1. The standard InChI is InChI=1S/C16H14N2O2/c1-20-14-8-13(9-17-10-14)16(19)12-4-5-15-11(7-12)3-2-6-18-15/h2-10,16,19H,1H3. The van der Waals surface area contributed by atoms with Gasteiger partial charge in [-0.25, -0.2) is 0 Å². The summed E-state index contributed by atoms with van der Waals surface area (Å²) in [6, 6.07) is 11.4. The highest BCUT2D eigenvalue weighted by molar-refractivity contribution is 5.79. The Bertz CT molecular complexity index is 743. The van der Waals surface area contributed by atoms with Gasteiger partial charge in [0, 0.05) is 23.3 Å². The zero-order valence-electron chi connectivity index (χ0n) is 11.0. The van der Waals surface area contributed by atoms with Crippen molar-refractivity contribution < 1.29 is 9.84 Å². The highest BCUT2D eigenvalue weighted by atomic mass is 16.5. The van der Waals surface area contributed by atoms with Gasteiger partial charge in [-0.2, -0.15) is 0 Å². The van der Waals surface area contributed by atoms with Crippen LogP contribution in [-0.4, -0.2) is 22.2 Å². The molecular weight excluding hydrogens is 252 g/mol. The van der Waals surface area contributed by atoms with E-state index in [0.29, 0.717) is 11.3 Å². The molecule has 0 bridgehead atoms. The summed E-state index contributed by atoms with van der Waals surface area (Å²) in [6.07, 6.45) is 4.27. The maximum atomic E-state index is 10.5. The Balaban J connectivity index is 2.00. The van der Waals surface area contributed by atoms with E-state index in [2.05, 4.69) is 9.97 Å². The van der Waals surface area contributed by atoms with Crippen molar-refractivity contribution >= 4 is 10.9 Å². The van der Waals surface area contributed by atoms with Gasteiger partial charge in [0.15, 0.2) is 0 Å². The van der Waals surface area contributed by atoms with Crippen LogP contribution >= 0.6 is 0 Å². The van der Waals surface area contributed by atoms with E-state index in [1.807, 2.05) is 30.3 Å². The molecule has 20 heavy (non-hydrogen) atoms. The van der Waals surface area contributed by atoms with Crippen molar-refractivity contribution in [3.05, 3.63) is 66.1 Å². The normalized spacial score (nSPS) is 12.3. The minimum absolute atomic E-state index is 0.629. The van der Waals surface area contributed by atoms with Gasteiger partial charge in [0.25, 0.3) is 0 Å². The van der Waals surface area contributed by atoms with E-state index in [4.69, 9.17) is 4.74 Å². The average molecular weight is 266 g/mol. The van der Waals surface area contributed by atoms with Crippen LogP contribution in [0.25, 0.3) is 10.9 Å². The molecule has 3 aromatic rings. The van der Waals surface area contributed by atoms with E-state index < -0.39 is 6.10 Å². The third-order valence-corrected chi connectivity index (χ3v) is 3.23. The van der Waals surface area contributed by atoms with Gasteiger partial charge >= 0.3 is 0 Å². The summed E-state index contributed by atoms with van der Waals surface area (Å²) in [6.45, 7) is 0. The van der Waals surface area contributed by atoms with Gasteiger partial charge in [0.05, 0.1) is 18.8 Å². The molecule has 0 aliphatic heterocycles. The molecule has 100 valence electrons. The lowest BCUT2D eigenvalue weighted by atomic mass is 10.0. The number of hydrogen-bond donors (Lipinski definition) is 1. The number of aliphatic hydroxyl groups is 1. The lowest BCUT2D eigenvalue weighted by Crippen LogP contribution is -2.01. The molecule has 0 saturated carbocycles. The molecule has 0 amide bonds. The summed E-state index contributed by atoms with van der Waals surface area (Å²) in [5.41, 5.74) is 2.42. The first-order valence-electron chi connectivity index (χ1n) is 6.29. The van der Waals surface area contributed by atoms with Crippen LogP contribution in [0.2, 0.25) is 0 Å². The first-order valence-corrected chi connectivity index (χ1v) is 6.29. The number of aliphatic hydroxyl groups excluding tert-OH is 1. The van der Waals surface area contributed by atoms with E-state index in [1.54, 1.807) is 31.8 Å². The highest BCUT2D eigenvalue weighted by Crippen LogP contribution is 2.26. The lowest BCUT2D eigenvalue weighted by molar-refractivity contribution is 0.219. The summed E-state index contributed by atoms with van der Waals surface area (Å²) in [5.74, 6) is 0.629. The van der Waals surface area contributed by atoms with Gasteiger partial charge in [-0.05, 0) is 29.8 Å². The van der Waals surface area contributed by atoms with Gasteiger partial charge in [-0.15, -0.1) is 0 Å². The minimum Gasteiger partial charge on any atom is -0.495 e. The van der Waals surface area contributed by atoms with Gasteiger partial charge in [0.1, 0.15) is 11.9 Å². The van der Waals surface area contributed by atoms with Crippen molar-refractivity contribution in [3.8, 4) is 5.75 Å². The molecule has 1 unspecified atom stereocenters. The molecule has 1 aromatic carbocycles. The number of aromatic nitrogens is 2. The number of methoxy groups -OCH3 is 1. The Morgan fingerprint density at radius 2 is 2.00 bits per heavy atom. The fourth-order valence-corrected chi connectivity index (χ4v) is 2.15. The number of rotatable bonds is 3. The summed E-state index contributed by atoms with van der Waals surface area (Å²) in [7, 11) is 1.58. The molecule has 0 spiro atoms. The van der Waals surface area contributed by atoms with E-state index in [1.165, 1.54) is 0 Å². The van der Waals surface area contributed by atoms with Crippen LogP contribution in [0.3, 0.4) is 0 Å². The van der Waals surface area contributed by atoms with Crippen molar-refractivity contribution in [1.29, 1.82) is 0 Å². The molecule has 2 heterocycles. The fraction of sp³-hybridized carbons (Fsp3) is 0.125. The smallest absolute Gasteiger partial charge is 0.137 e. The van der Waals surface area contributed by atoms with E-state index in [0.717, 1.165) is 16.5 Å². The van der Waals surface area contributed by atoms with E-state index in [-0.39, 0.29) is 0 Å². The predicted molar refractivity (Wildman–Crippen MR) is 76.6 cm³/mol. The van der Waals surface area contributed by atoms with Gasteiger partial charge in [0.2, 0.25) is 0 Å². The maximum absolute atomic E-state index is 10.5. The second kappa shape index (κ2) is 5.27. The molecular formula is C16H14N2O2. The lowest BCUT2D eigenvalue weighted by Gasteiger charge is -2.12. The van der Waals surface area contributed by atoms with Crippen molar-refractivity contribution in [1.82, 2.24) is 9.97 Å². The Morgan fingerprint density at radius 3 is 2.85 bits per heavy atom. The Labute approximate surface area is 116 Å². The average Bonchev–Trinajstić information content (AvgIpc) is 2.53. The number of ether oxygens (including phenoxy) is 1. The zero-order chi connectivity index (χ0) is 13.9. The summed E-state index contributed by atoms with van der Waals surface area (Å²) < 4.78 is 5.13. The van der Waals surface area contributed by atoms with Crippen molar-refractivity contribution in [2.45, 2.75) is 6.10 Å². The summed E-state index contributed by atoms with van der Waals surface area (Å²) in [4.78, 5) is 8.33. The number of hydrogen-bond acceptors (Lipinski definition) is 4. The van der Waals surface area contributed by atoms with Gasteiger partial charge in [-0.3, -0.25) is 9.97 Å². The maximum Gasteiger partial charge on any atom is 0.137 e. The van der Waals surface area contributed by atoms with Crippen molar-refractivity contribution in [2.75, 3.05) is 7.11 Å². The van der Waals surface area contributed by atoms with Crippen LogP contribution in [0.1, 0.15) is 17.2 Å². The quantitative estimate of drug-likeness (QED) is 0.792. The first-order chi connectivity index (χ1) is 9.78. The van der Waals surface area contributed by atoms with Gasteiger partial charge < -0.3 is 9.84 Å². The largest absolute Gasteiger partial charge is 0.495 e. The Hall–Kier alpha value is -2.46. The Kier molecular flexibility index (Phi) is 3.31. The zero-order valence-corrected chi connectivity index (χ0v) is 11.0. The second-order valence-electron chi connectivity index (χ2n) is 4.52. The monoisotopic (exact) mass is 266 g/mol. The summed E-state index contributed by atoms with van der Waals surface area (Å²) >= 11 is 0. The third kappa shape index (κ3) is 2.33. The van der Waals surface area contributed by atoms with Crippen LogP contribution in [0, 0.1) is 0 Å². The number of fused-ring (bicyclic) bond motifs is 1. The van der Waals surface area contributed by atoms with Gasteiger partial charge in [-0.1, -0.05) is 12.1 Å². The van der Waals surface area contributed by atoms with Crippen LogP contribution < -0.4 is 4.74 Å². The number of benzene rings is 1. The minimum atomic E-state index is -0.734. The highest BCUT2D eigenvalue weighted by Gasteiger charge is 2.12. The molecule has 2 aromatic heterocycles. The molecule has 4 nitrogen and oxygen atoms in total. The number of nitrogens with zero attached hydrogens (tertiary/aromatic N) is 2. The molecule has 0 fully saturated rings. The molecule has 1 atom stereocenters. The van der Waals surface area contributed by atoms with Crippen molar-refractivity contribution in [2.24, 2.45) is 0 Å². The molecule has 1 N–H and O–H groups in total. The third-order valence-electron chi connectivity index (χ3n) is 3.23. The first kappa shape index (κ1) is 12.6. The topological polar surface area (TPSA) is 55.2 Å². The molecule has 4 heteroatoms. The van der Waals surface area contributed by atoms with Crippen LogP contribution in [0.4, 0.5) is 0 Å². The van der Waals surface area contributed by atoms with E-state index >= 15 is 0 Å². The predicted octanol–water partition coefficient (Wildman–Crippen LogP) is 2.72. The fourth-order valence-electron chi connectivity index (χ4n) is 2.15. The van der Waals surface area contributed by atoms with Crippen molar-refractivity contribution in [3.63, 3.8) is 0 Å². The van der Waals surface area contributed by atoms with Crippen LogP contribution in [0.15, 0.2) is 55.0 Å². The molecule has 3 rings (SSSR count). The van der Waals surface area contributed by atoms with Crippen LogP contribution in [-0.2, 0) is 0 Å². The molecule has 0 aliphatic carbocycles. The van der Waals surface area contributed by atoms with Crippen LogP contribution in [0.5, 0.6) is 5.75 Å². The summed E-state index contributed by atoms with van der Waals surface area (Å²) in [5, 5.41) is 11.5. The van der Waals surface area contributed by atoms with E-state index in [9.17, 15) is 5.11 Å². The molecule has 0 radical (unpaired) electrons. The molecule has 0 aliphatic rings. The molecule has 0 saturated heterocycles. The number of pyridine rings is 2.